The van der Waals surface area contributed by atoms with Crippen LogP contribution in [0.5, 0.6) is 0 Å². The number of aromatic amines is 1. The first-order valence-corrected chi connectivity index (χ1v) is 6.00. The second-order valence-electron chi connectivity index (χ2n) is 3.31. The maximum Gasteiger partial charge on any atom is 0.260 e. The third-order valence-corrected chi connectivity index (χ3v) is 3.88. The van der Waals surface area contributed by atoms with Crippen molar-refractivity contribution in [3.05, 3.63) is 36.7 Å². The fourth-order valence-electron chi connectivity index (χ4n) is 1.28. The summed E-state index contributed by atoms with van der Waals surface area (Å²) in [6, 6.07) is 1.72. The molecule has 0 saturated heterocycles. The highest BCUT2D eigenvalue weighted by Gasteiger charge is 2.22. The topological polar surface area (TPSA) is 79.2 Å². The number of sulfonamides is 1. The second-order valence-corrected chi connectivity index (χ2v) is 5.32. The fourth-order valence-corrected chi connectivity index (χ4v) is 2.33. The second kappa shape index (κ2) is 4.11. The van der Waals surface area contributed by atoms with E-state index in [1.165, 1.54) is 36.4 Å². The average molecular weight is 241 g/mol. The maximum atomic E-state index is 11.9. The van der Waals surface area contributed by atoms with Crippen LogP contribution in [-0.4, -0.2) is 29.7 Å². The molecular formula is C9H11N3O3S. The van der Waals surface area contributed by atoms with Crippen molar-refractivity contribution in [3.8, 4) is 0 Å². The number of hydrogen-bond acceptors (Lipinski definition) is 4. The lowest BCUT2D eigenvalue weighted by Crippen LogP contribution is -2.26. The van der Waals surface area contributed by atoms with Crippen molar-refractivity contribution in [3.63, 3.8) is 0 Å². The van der Waals surface area contributed by atoms with Crippen molar-refractivity contribution >= 4 is 10.0 Å². The summed E-state index contributed by atoms with van der Waals surface area (Å²) in [6.07, 6.45) is 5.63. The number of aromatic nitrogens is 2. The van der Waals surface area contributed by atoms with Gasteiger partial charge in [0.15, 0.2) is 5.03 Å². The molecule has 7 heteroatoms. The number of nitrogens with zero attached hydrogens (tertiary/aromatic N) is 2. The van der Waals surface area contributed by atoms with Gasteiger partial charge in [0.25, 0.3) is 10.0 Å². The van der Waals surface area contributed by atoms with Crippen LogP contribution in [0, 0.1) is 0 Å². The van der Waals surface area contributed by atoms with Gasteiger partial charge in [0, 0.05) is 19.2 Å². The Hall–Kier alpha value is -1.60. The van der Waals surface area contributed by atoms with Gasteiger partial charge in [0.05, 0.1) is 25.1 Å². The van der Waals surface area contributed by atoms with Gasteiger partial charge in [-0.05, 0) is 6.07 Å². The number of H-pyrrole nitrogens is 1. The molecule has 0 aromatic carbocycles. The van der Waals surface area contributed by atoms with E-state index in [1.807, 2.05) is 0 Å². The predicted molar refractivity (Wildman–Crippen MR) is 55.9 cm³/mol. The van der Waals surface area contributed by atoms with Crippen molar-refractivity contribution < 1.29 is 12.8 Å². The van der Waals surface area contributed by atoms with E-state index in [0.717, 1.165) is 5.56 Å². The summed E-state index contributed by atoms with van der Waals surface area (Å²) in [5.41, 5.74) is 0.797. The minimum atomic E-state index is -3.50. The van der Waals surface area contributed by atoms with Gasteiger partial charge in [-0.1, -0.05) is 0 Å². The van der Waals surface area contributed by atoms with E-state index in [-0.39, 0.29) is 11.6 Å². The highest BCUT2D eigenvalue weighted by atomic mass is 32.2. The smallest absolute Gasteiger partial charge is 0.260 e. The van der Waals surface area contributed by atoms with Crippen molar-refractivity contribution in [1.82, 2.24) is 14.3 Å². The van der Waals surface area contributed by atoms with Crippen LogP contribution >= 0.6 is 0 Å². The van der Waals surface area contributed by atoms with Gasteiger partial charge in [-0.15, -0.1) is 0 Å². The fraction of sp³-hybridized carbons (Fsp3) is 0.222. The first kappa shape index (κ1) is 10.9. The zero-order valence-electron chi connectivity index (χ0n) is 8.62. The lowest BCUT2D eigenvalue weighted by atomic mass is 10.3. The molecule has 6 nitrogen and oxygen atoms in total. The number of imidazole rings is 1. The van der Waals surface area contributed by atoms with Gasteiger partial charge in [-0.25, -0.2) is 13.4 Å². The van der Waals surface area contributed by atoms with E-state index in [4.69, 9.17) is 4.42 Å². The largest absolute Gasteiger partial charge is 0.472 e. The van der Waals surface area contributed by atoms with Crippen LogP contribution in [0.15, 0.2) is 40.6 Å². The molecule has 0 saturated carbocycles. The minimum Gasteiger partial charge on any atom is -0.472 e. The molecule has 2 heterocycles. The summed E-state index contributed by atoms with van der Waals surface area (Å²) in [5.74, 6) is 0. The monoisotopic (exact) mass is 241 g/mol. The summed E-state index contributed by atoms with van der Waals surface area (Å²) in [7, 11) is -1.99. The van der Waals surface area contributed by atoms with Gasteiger partial charge in [0.1, 0.15) is 0 Å². The van der Waals surface area contributed by atoms with Crippen LogP contribution in [0.4, 0.5) is 0 Å². The summed E-state index contributed by atoms with van der Waals surface area (Å²) in [6.45, 7) is 0.262. The van der Waals surface area contributed by atoms with E-state index in [0.29, 0.717) is 0 Å². The molecule has 2 aromatic heterocycles. The molecule has 1 N–H and O–H groups in total. The molecule has 0 fully saturated rings. The summed E-state index contributed by atoms with van der Waals surface area (Å²) >= 11 is 0. The molecule has 0 aliphatic heterocycles. The Bertz CT molecular complexity index is 531. The summed E-state index contributed by atoms with van der Waals surface area (Å²) < 4.78 is 30.0. The van der Waals surface area contributed by atoms with Gasteiger partial charge in [0.2, 0.25) is 0 Å². The molecule has 2 aromatic rings. The Labute approximate surface area is 93.0 Å². The lowest BCUT2D eigenvalue weighted by Gasteiger charge is -2.14. The Morgan fingerprint density at radius 3 is 2.94 bits per heavy atom. The number of rotatable bonds is 4. The summed E-state index contributed by atoms with van der Waals surface area (Å²) in [5, 5.41) is 0.0819. The zero-order chi connectivity index (χ0) is 11.6. The van der Waals surface area contributed by atoms with Gasteiger partial charge in [-0.2, -0.15) is 4.31 Å². The molecule has 16 heavy (non-hydrogen) atoms. The Morgan fingerprint density at radius 2 is 2.38 bits per heavy atom. The van der Waals surface area contributed by atoms with Crippen LogP contribution in [0.25, 0.3) is 0 Å². The predicted octanol–water partition coefficient (Wildman–Crippen LogP) is 0.823. The molecule has 0 aliphatic rings. The third kappa shape index (κ3) is 2.00. The Kier molecular flexibility index (Phi) is 2.80. The Balaban J connectivity index is 2.19. The number of hydrogen-bond donors (Lipinski definition) is 1. The van der Waals surface area contributed by atoms with E-state index in [2.05, 4.69) is 9.97 Å². The molecule has 0 aliphatic carbocycles. The van der Waals surface area contributed by atoms with Crippen molar-refractivity contribution in [2.75, 3.05) is 7.05 Å². The number of furan rings is 1. The SMILES string of the molecule is CN(Cc1ccoc1)S(=O)(=O)c1cnc[nH]1. The minimum absolute atomic E-state index is 0.0819. The molecule has 0 bridgehead atoms. The molecule has 0 unspecified atom stereocenters. The maximum absolute atomic E-state index is 11.9. The molecular weight excluding hydrogens is 230 g/mol. The van der Waals surface area contributed by atoms with Crippen molar-refractivity contribution in [1.29, 1.82) is 0 Å². The van der Waals surface area contributed by atoms with Gasteiger partial charge in [-0.3, -0.25) is 0 Å². The lowest BCUT2D eigenvalue weighted by molar-refractivity contribution is 0.461. The van der Waals surface area contributed by atoms with E-state index >= 15 is 0 Å². The first-order chi connectivity index (χ1) is 7.60. The van der Waals surface area contributed by atoms with Gasteiger partial charge < -0.3 is 9.40 Å². The average Bonchev–Trinajstić information content (AvgIpc) is 2.89. The number of nitrogens with one attached hydrogen (secondary N) is 1. The van der Waals surface area contributed by atoms with Crippen molar-refractivity contribution in [2.24, 2.45) is 0 Å². The molecule has 0 radical (unpaired) electrons. The molecule has 86 valence electrons. The standard InChI is InChI=1S/C9H11N3O3S/c1-12(5-8-2-3-15-6-8)16(13,14)9-4-10-7-11-9/h2-4,6-7H,5H2,1H3,(H,10,11). The van der Waals surface area contributed by atoms with Crippen molar-refractivity contribution in [2.45, 2.75) is 11.6 Å². The third-order valence-electron chi connectivity index (χ3n) is 2.15. The quantitative estimate of drug-likeness (QED) is 0.859. The first-order valence-electron chi connectivity index (χ1n) is 4.56. The van der Waals surface area contributed by atoms with E-state index in [9.17, 15) is 8.42 Å². The zero-order valence-corrected chi connectivity index (χ0v) is 9.44. The summed E-state index contributed by atoms with van der Waals surface area (Å²) in [4.78, 5) is 6.26. The van der Waals surface area contributed by atoms with Crippen LogP contribution in [-0.2, 0) is 16.6 Å². The Morgan fingerprint density at radius 1 is 1.56 bits per heavy atom. The van der Waals surface area contributed by atoms with Crippen LogP contribution in [0.1, 0.15) is 5.56 Å². The molecule has 0 atom stereocenters. The van der Waals surface area contributed by atoms with Gasteiger partial charge >= 0.3 is 0 Å². The molecule has 2 rings (SSSR count). The molecule has 0 amide bonds. The van der Waals surface area contributed by atoms with Crippen LogP contribution in [0.2, 0.25) is 0 Å². The normalized spacial score (nSPS) is 12.1. The van der Waals surface area contributed by atoms with Crippen LogP contribution < -0.4 is 0 Å². The van der Waals surface area contributed by atoms with E-state index in [1.54, 1.807) is 6.07 Å². The molecule has 0 spiro atoms. The highest BCUT2D eigenvalue weighted by molar-refractivity contribution is 7.89. The van der Waals surface area contributed by atoms with Crippen LogP contribution in [0.3, 0.4) is 0 Å². The highest BCUT2D eigenvalue weighted by Crippen LogP contribution is 2.13. The van der Waals surface area contributed by atoms with E-state index < -0.39 is 10.0 Å².